The molecule has 0 spiro atoms. The van der Waals surface area contributed by atoms with Crippen LogP contribution in [0.3, 0.4) is 0 Å². The van der Waals surface area contributed by atoms with Gasteiger partial charge in [0, 0.05) is 18.7 Å². The molecule has 0 radical (unpaired) electrons. The molecule has 0 saturated carbocycles. The van der Waals surface area contributed by atoms with E-state index in [0.717, 1.165) is 0 Å². The largest absolute Gasteiger partial charge is 0.360 e. The van der Waals surface area contributed by atoms with Gasteiger partial charge in [0.25, 0.3) is 0 Å². The minimum absolute atomic E-state index is 0.0689. The van der Waals surface area contributed by atoms with Crippen LogP contribution in [0.5, 0.6) is 0 Å². The molecule has 0 saturated heterocycles. The highest BCUT2D eigenvalue weighted by atomic mass is 79.9. The third-order valence-electron chi connectivity index (χ3n) is 1.04. The summed E-state index contributed by atoms with van der Waals surface area (Å²) in [6.07, 6.45) is 0. The van der Waals surface area contributed by atoms with E-state index in [2.05, 4.69) is 22.9 Å². The molecule has 0 aromatic heterocycles. The molecule has 0 N–H and O–H groups in total. The Bertz CT molecular complexity index is 66.0. The van der Waals surface area contributed by atoms with E-state index in [4.69, 9.17) is 9.47 Å². The predicted molar refractivity (Wildman–Crippen MR) is 44.7 cm³/mol. The summed E-state index contributed by atoms with van der Waals surface area (Å²) in [5.74, 6) is 0.0689. The second-order valence-corrected chi connectivity index (χ2v) is 7.04. The van der Waals surface area contributed by atoms with Gasteiger partial charge in [-0.1, -0.05) is 22.9 Å². The standard InChI is InChI=1S/C5H13BrO2Si/c1-4(6)9-5(7-2)8-3/h4-5H,9H2,1-3H3. The fourth-order valence-electron chi connectivity index (χ4n) is 0.554. The number of alkyl halides is 1. The summed E-state index contributed by atoms with van der Waals surface area (Å²) in [7, 11) is 3.09. The Hall–Kier alpha value is 0.617. The zero-order chi connectivity index (χ0) is 7.28. The van der Waals surface area contributed by atoms with Crippen LogP contribution in [0.25, 0.3) is 0 Å². The molecular weight excluding hydrogens is 200 g/mol. The van der Waals surface area contributed by atoms with Crippen molar-refractivity contribution < 1.29 is 9.47 Å². The van der Waals surface area contributed by atoms with Crippen LogP contribution in [0.2, 0.25) is 0 Å². The highest BCUT2D eigenvalue weighted by Crippen LogP contribution is 1.99. The molecule has 1 unspecified atom stereocenters. The van der Waals surface area contributed by atoms with Crippen molar-refractivity contribution in [2.45, 2.75) is 17.3 Å². The van der Waals surface area contributed by atoms with E-state index < -0.39 is 0 Å². The van der Waals surface area contributed by atoms with Crippen molar-refractivity contribution in [2.24, 2.45) is 0 Å². The number of rotatable bonds is 4. The lowest BCUT2D eigenvalue weighted by Gasteiger charge is -2.13. The van der Waals surface area contributed by atoms with Gasteiger partial charge in [-0.2, -0.15) is 0 Å². The zero-order valence-corrected chi connectivity index (χ0v) is 9.06. The number of hydrogen-bond donors (Lipinski definition) is 0. The summed E-state index contributed by atoms with van der Waals surface area (Å²) in [4.78, 5) is 0. The normalized spacial score (nSPS) is 15.7. The molecule has 0 aliphatic carbocycles. The van der Waals surface area contributed by atoms with E-state index >= 15 is 0 Å². The number of hydrogen-bond acceptors (Lipinski definition) is 2. The predicted octanol–water partition coefficient (Wildman–Crippen LogP) is 0.472. The zero-order valence-electron chi connectivity index (χ0n) is 6.06. The first-order chi connectivity index (χ1) is 4.20. The molecule has 56 valence electrons. The van der Waals surface area contributed by atoms with E-state index in [1.165, 1.54) is 0 Å². The summed E-state index contributed by atoms with van der Waals surface area (Å²) in [5.41, 5.74) is 0. The van der Waals surface area contributed by atoms with Gasteiger partial charge in [-0.25, -0.2) is 0 Å². The first-order valence-corrected chi connectivity index (χ1v) is 5.45. The minimum Gasteiger partial charge on any atom is -0.360 e. The average Bonchev–Trinajstić information content (AvgIpc) is 1.82. The Morgan fingerprint density at radius 2 is 1.78 bits per heavy atom. The molecule has 1 atom stereocenters. The third kappa shape index (κ3) is 5.08. The first-order valence-electron chi connectivity index (χ1n) is 2.90. The van der Waals surface area contributed by atoms with Crippen LogP contribution in [0.1, 0.15) is 6.92 Å². The van der Waals surface area contributed by atoms with E-state index in [9.17, 15) is 0 Å². The lowest BCUT2D eigenvalue weighted by atomic mass is 11.0. The minimum atomic E-state index is -0.268. The molecule has 0 aromatic carbocycles. The van der Waals surface area contributed by atoms with Gasteiger partial charge in [0.2, 0.25) is 0 Å². The van der Waals surface area contributed by atoms with Gasteiger partial charge >= 0.3 is 0 Å². The molecule has 0 rings (SSSR count). The maximum atomic E-state index is 5.02. The lowest BCUT2D eigenvalue weighted by Crippen LogP contribution is -2.26. The smallest absolute Gasteiger partial charge is 0.135 e. The van der Waals surface area contributed by atoms with E-state index in [1.54, 1.807) is 14.2 Å². The molecule has 9 heavy (non-hydrogen) atoms. The van der Waals surface area contributed by atoms with Gasteiger partial charge in [-0.3, -0.25) is 0 Å². The van der Waals surface area contributed by atoms with Crippen molar-refractivity contribution in [1.82, 2.24) is 0 Å². The van der Waals surface area contributed by atoms with Crippen molar-refractivity contribution in [1.29, 1.82) is 0 Å². The summed E-state index contributed by atoms with van der Waals surface area (Å²) in [6, 6.07) is 0. The van der Waals surface area contributed by atoms with Gasteiger partial charge in [0.05, 0.1) is 0 Å². The monoisotopic (exact) mass is 212 g/mol. The Morgan fingerprint density at radius 3 is 1.89 bits per heavy atom. The second kappa shape index (κ2) is 5.41. The van der Waals surface area contributed by atoms with E-state index in [-0.39, 0.29) is 15.4 Å². The average molecular weight is 213 g/mol. The number of methoxy groups -OCH3 is 2. The number of ether oxygens (including phenoxy) is 2. The fourth-order valence-corrected chi connectivity index (χ4v) is 2.38. The quantitative estimate of drug-likeness (QED) is 0.384. The van der Waals surface area contributed by atoms with Gasteiger partial charge in [0.15, 0.2) is 0 Å². The Kier molecular flexibility index (Phi) is 5.78. The van der Waals surface area contributed by atoms with Crippen LogP contribution in [0.15, 0.2) is 0 Å². The van der Waals surface area contributed by atoms with Crippen molar-refractivity contribution in [2.75, 3.05) is 14.2 Å². The molecule has 2 nitrogen and oxygen atoms in total. The van der Waals surface area contributed by atoms with Crippen molar-refractivity contribution in [3.05, 3.63) is 0 Å². The van der Waals surface area contributed by atoms with Crippen LogP contribution in [-0.4, -0.2) is 34.1 Å². The summed E-state index contributed by atoms with van der Waals surface area (Å²) in [5, 5.41) is 0. The highest BCUT2D eigenvalue weighted by molar-refractivity contribution is 9.10. The van der Waals surface area contributed by atoms with Gasteiger partial charge in [0.1, 0.15) is 15.4 Å². The lowest BCUT2D eigenvalue weighted by molar-refractivity contribution is -0.0441. The number of halogens is 1. The molecule has 4 heteroatoms. The van der Waals surface area contributed by atoms with Crippen molar-refractivity contribution in [3.63, 3.8) is 0 Å². The third-order valence-corrected chi connectivity index (χ3v) is 3.87. The summed E-state index contributed by atoms with van der Waals surface area (Å²) in [6.45, 7) is 2.12. The topological polar surface area (TPSA) is 18.5 Å². The SMILES string of the molecule is COC(OC)[SiH2]C(C)Br. The van der Waals surface area contributed by atoms with Gasteiger partial charge in [-0.05, 0) is 0 Å². The van der Waals surface area contributed by atoms with Crippen LogP contribution < -0.4 is 0 Å². The Morgan fingerprint density at radius 1 is 1.33 bits per heavy atom. The first kappa shape index (κ1) is 9.62. The maximum Gasteiger partial charge on any atom is 0.135 e. The van der Waals surface area contributed by atoms with Crippen LogP contribution in [-0.2, 0) is 9.47 Å². The molecule has 0 fully saturated rings. The highest BCUT2D eigenvalue weighted by Gasteiger charge is 2.08. The van der Waals surface area contributed by atoms with Crippen molar-refractivity contribution >= 4 is 25.4 Å². The maximum absolute atomic E-state index is 5.02. The Balaban J connectivity index is 3.31. The summed E-state index contributed by atoms with van der Waals surface area (Å²) < 4.78 is 10.6. The molecule has 0 aliphatic heterocycles. The van der Waals surface area contributed by atoms with Gasteiger partial charge < -0.3 is 9.47 Å². The second-order valence-electron chi connectivity index (χ2n) is 1.92. The van der Waals surface area contributed by atoms with E-state index in [1.807, 2.05) is 0 Å². The van der Waals surface area contributed by atoms with Gasteiger partial charge in [-0.15, -0.1) is 0 Å². The summed E-state index contributed by atoms with van der Waals surface area (Å²) >= 11 is 3.46. The van der Waals surface area contributed by atoms with E-state index in [0.29, 0.717) is 4.45 Å². The molecular formula is C5H13BrO2Si. The van der Waals surface area contributed by atoms with Crippen molar-refractivity contribution in [3.8, 4) is 0 Å². The molecule has 0 aromatic rings. The van der Waals surface area contributed by atoms with Crippen LogP contribution in [0, 0.1) is 0 Å². The molecule has 0 amide bonds. The molecule has 0 aliphatic rings. The molecule has 0 heterocycles. The molecule has 0 bridgehead atoms. The van der Waals surface area contributed by atoms with Crippen LogP contribution in [0.4, 0.5) is 0 Å². The Labute approximate surface area is 66.9 Å². The van der Waals surface area contributed by atoms with Crippen LogP contribution >= 0.6 is 15.9 Å². The fraction of sp³-hybridized carbons (Fsp3) is 1.00.